The quantitative estimate of drug-likeness (QED) is 0.129. The van der Waals surface area contributed by atoms with Gasteiger partial charge in [0.1, 0.15) is 48.3 Å². The third-order valence-electron chi connectivity index (χ3n) is 8.26. The van der Waals surface area contributed by atoms with Crippen molar-refractivity contribution in [3.05, 3.63) is 0 Å². The summed E-state index contributed by atoms with van der Waals surface area (Å²) in [5.41, 5.74) is 5.18. The van der Waals surface area contributed by atoms with Gasteiger partial charge in [0.25, 0.3) is 0 Å². The topological polar surface area (TPSA) is 235 Å². The lowest BCUT2D eigenvalue weighted by Gasteiger charge is -2.50. The summed E-state index contributed by atoms with van der Waals surface area (Å²) in [6, 6.07) is -2.62. The Bertz CT molecular complexity index is 876. The molecule has 15 heteroatoms. The Balaban J connectivity index is 1.93. The molecule has 0 spiro atoms. The summed E-state index contributed by atoms with van der Waals surface area (Å²) < 4.78 is 29.5. The van der Waals surface area contributed by atoms with Crippen LogP contribution in [0.1, 0.15) is 60.8 Å². The van der Waals surface area contributed by atoms with Crippen molar-refractivity contribution in [1.82, 2.24) is 10.6 Å². The Labute approximate surface area is 253 Å². The smallest absolute Gasteiger partial charge is 0.407 e. The number of nitrogens with one attached hydrogen (secondary N) is 2. The second-order valence-corrected chi connectivity index (χ2v) is 12.8. The van der Waals surface area contributed by atoms with Crippen molar-refractivity contribution >= 4 is 6.09 Å². The van der Waals surface area contributed by atoms with Crippen molar-refractivity contribution in [2.24, 2.45) is 11.7 Å². The molecule has 2 aliphatic heterocycles. The van der Waals surface area contributed by atoms with Crippen LogP contribution in [0.2, 0.25) is 0 Å². The van der Waals surface area contributed by atoms with E-state index >= 15 is 0 Å². The Kier molecular flexibility index (Phi) is 13.0. The molecule has 3 rings (SSSR count). The molecule has 0 aromatic carbocycles. The molecule has 2 heterocycles. The summed E-state index contributed by atoms with van der Waals surface area (Å²) in [6.07, 6.45) is -12.6. The molecule has 15 nitrogen and oxygen atoms in total. The van der Waals surface area contributed by atoms with E-state index in [2.05, 4.69) is 10.6 Å². The number of ether oxygens (including phenoxy) is 5. The molecule has 1 amide bonds. The van der Waals surface area contributed by atoms with Crippen LogP contribution in [0.15, 0.2) is 0 Å². The van der Waals surface area contributed by atoms with Gasteiger partial charge < -0.3 is 70.7 Å². The summed E-state index contributed by atoms with van der Waals surface area (Å²) in [7, 11) is 0. The molecule has 15 atom stereocenters. The van der Waals surface area contributed by atoms with Gasteiger partial charge in [-0.2, -0.15) is 0 Å². The molecule has 3 aliphatic rings. The van der Waals surface area contributed by atoms with E-state index in [4.69, 9.17) is 29.4 Å². The van der Waals surface area contributed by atoms with Crippen LogP contribution in [0, 0.1) is 5.92 Å². The van der Waals surface area contributed by atoms with Crippen molar-refractivity contribution < 1.29 is 59.1 Å². The Morgan fingerprint density at radius 3 is 2.07 bits per heavy atom. The minimum Gasteiger partial charge on any atom is -0.444 e. The van der Waals surface area contributed by atoms with E-state index < -0.39 is 110 Å². The van der Waals surface area contributed by atoms with Gasteiger partial charge in [0.05, 0.1) is 30.9 Å². The van der Waals surface area contributed by atoms with Gasteiger partial charge in [-0.05, 0) is 46.6 Å². The lowest BCUT2D eigenvalue weighted by Crippen LogP contribution is -2.69. The fourth-order valence-corrected chi connectivity index (χ4v) is 5.78. The van der Waals surface area contributed by atoms with Crippen molar-refractivity contribution in [1.29, 1.82) is 0 Å². The molecule has 1 saturated carbocycles. The molecule has 3 fully saturated rings. The third-order valence-corrected chi connectivity index (χ3v) is 8.26. The third kappa shape index (κ3) is 8.74. The van der Waals surface area contributed by atoms with E-state index in [1.165, 1.54) is 0 Å². The van der Waals surface area contributed by atoms with Crippen molar-refractivity contribution in [3.8, 4) is 0 Å². The average Bonchev–Trinajstić information content (AvgIpc) is 2.94. The SMILES string of the molecule is CCCNC1CC(NC(=O)OC(C)(C)C)C(OC2OC(CC)C(O)C(O)C2C)C(O)C1OC1OC(CO)C(O)C(N)C1O. The monoisotopic (exact) mass is 623 g/mol. The van der Waals surface area contributed by atoms with Gasteiger partial charge in [0.15, 0.2) is 12.6 Å². The molecule has 2 saturated heterocycles. The number of carbonyl (C=O) groups excluding carboxylic acids is 1. The number of aliphatic hydroxyl groups excluding tert-OH is 6. The van der Waals surface area contributed by atoms with Crippen molar-refractivity contribution in [2.45, 2.75) is 152 Å². The predicted molar refractivity (Wildman–Crippen MR) is 151 cm³/mol. The van der Waals surface area contributed by atoms with E-state index in [9.17, 15) is 35.4 Å². The summed E-state index contributed by atoms with van der Waals surface area (Å²) in [6.45, 7) is 10.5. The number of carbonyl (C=O) groups is 1. The number of nitrogens with two attached hydrogens (primary N) is 1. The van der Waals surface area contributed by atoms with Crippen molar-refractivity contribution in [3.63, 3.8) is 0 Å². The van der Waals surface area contributed by atoms with Gasteiger partial charge in [-0.1, -0.05) is 20.8 Å². The summed E-state index contributed by atoms with van der Waals surface area (Å²) in [5.74, 6) is -0.698. The molecule has 0 aromatic heterocycles. The maximum Gasteiger partial charge on any atom is 0.407 e. The lowest BCUT2D eigenvalue weighted by molar-refractivity contribution is -0.326. The van der Waals surface area contributed by atoms with Crippen molar-refractivity contribution in [2.75, 3.05) is 13.2 Å². The van der Waals surface area contributed by atoms with Gasteiger partial charge in [-0.25, -0.2) is 4.79 Å². The molecular formula is C28H53N3O12. The summed E-state index contributed by atoms with van der Waals surface area (Å²) in [4.78, 5) is 12.9. The number of amides is 1. The van der Waals surface area contributed by atoms with E-state index in [0.29, 0.717) is 13.0 Å². The lowest BCUT2D eigenvalue weighted by atomic mass is 9.82. The Morgan fingerprint density at radius 2 is 1.49 bits per heavy atom. The molecule has 252 valence electrons. The van der Waals surface area contributed by atoms with Gasteiger partial charge in [0, 0.05) is 12.0 Å². The average molecular weight is 624 g/mol. The normalized spacial score (nSPS) is 44.2. The largest absolute Gasteiger partial charge is 0.444 e. The fourth-order valence-electron chi connectivity index (χ4n) is 5.78. The van der Waals surface area contributed by atoms with Crippen LogP contribution in [0.3, 0.4) is 0 Å². The molecular weight excluding hydrogens is 570 g/mol. The highest BCUT2D eigenvalue weighted by Gasteiger charge is 2.52. The highest BCUT2D eigenvalue weighted by Crippen LogP contribution is 2.34. The van der Waals surface area contributed by atoms with Crippen LogP contribution in [0.25, 0.3) is 0 Å². The fraction of sp³-hybridized carbons (Fsp3) is 0.964. The maximum atomic E-state index is 12.9. The molecule has 0 bridgehead atoms. The van der Waals surface area contributed by atoms with Crippen LogP contribution < -0.4 is 16.4 Å². The van der Waals surface area contributed by atoms with Crippen LogP contribution in [-0.2, 0) is 23.7 Å². The van der Waals surface area contributed by atoms with Crippen LogP contribution >= 0.6 is 0 Å². The van der Waals surface area contributed by atoms with E-state index in [-0.39, 0.29) is 6.42 Å². The van der Waals surface area contributed by atoms with Crippen LogP contribution in [0.5, 0.6) is 0 Å². The zero-order valence-corrected chi connectivity index (χ0v) is 25.9. The van der Waals surface area contributed by atoms with E-state index in [0.717, 1.165) is 6.42 Å². The number of rotatable bonds is 10. The highest BCUT2D eigenvalue weighted by atomic mass is 16.7. The van der Waals surface area contributed by atoms with E-state index in [1.807, 2.05) is 6.92 Å². The molecule has 15 unspecified atom stereocenters. The minimum absolute atomic E-state index is 0.177. The first kappa shape index (κ1) is 36.3. The first-order valence-electron chi connectivity index (χ1n) is 15.2. The number of aliphatic hydroxyl groups is 6. The van der Waals surface area contributed by atoms with Gasteiger partial charge in [0.2, 0.25) is 0 Å². The number of alkyl carbamates (subject to hydrolysis) is 1. The minimum atomic E-state index is -1.49. The van der Waals surface area contributed by atoms with Crippen LogP contribution in [-0.4, -0.2) is 141 Å². The first-order chi connectivity index (χ1) is 20.1. The number of hydrogen-bond acceptors (Lipinski definition) is 14. The molecule has 1 aliphatic carbocycles. The molecule has 0 radical (unpaired) electrons. The van der Waals surface area contributed by atoms with E-state index in [1.54, 1.807) is 34.6 Å². The zero-order chi connectivity index (χ0) is 32.2. The number of hydrogen-bond donors (Lipinski definition) is 9. The summed E-state index contributed by atoms with van der Waals surface area (Å²) in [5, 5.41) is 69.8. The standard InChI is InChI=1S/C28H53N3O12/c1-7-9-30-13-10-14(31-27(38)43-28(4,5)6)24(41-25-12(3)18(33)20(35)15(8-2)39-25)22(37)23(13)42-26-21(36)17(29)19(34)16(11-32)40-26/h12-26,30,32-37H,7-11,29H2,1-6H3,(H,31,38). The van der Waals surface area contributed by atoms with Gasteiger partial charge >= 0.3 is 6.09 Å². The summed E-state index contributed by atoms with van der Waals surface area (Å²) >= 11 is 0. The van der Waals surface area contributed by atoms with Gasteiger partial charge in [-0.3, -0.25) is 0 Å². The predicted octanol–water partition coefficient (Wildman–Crippen LogP) is -1.96. The highest BCUT2D eigenvalue weighted by molar-refractivity contribution is 5.68. The van der Waals surface area contributed by atoms with Crippen LogP contribution in [0.4, 0.5) is 4.79 Å². The molecule has 43 heavy (non-hydrogen) atoms. The van der Waals surface area contributed by atoms with Gasteiger partial charge in [-0.15, -0.1) is 0 Å². The Hall–Kier alpha value is -1.21. The Morgan fingerprint density at radius 1 is 0.884 bits per heavy atom. The second-order valence-electron chi connectivity index (χ2n) is 12.8. The zero-order valence-electron chi connectivity index (χ0n) is 25.9. The maximum absolute atomic E-state index is 12.9. The molecule has 0 aromatic rings. The second kappa shape index (κ2) is 15.4. The molecule has 10 N–H and O–H groups in total. The first-order valence-corrected chi connectivity index (χ1v) is 15.2.